The lowest BCUT2D eigenvalue weighted by atomic mass is 10.2. The van der Waals surface area contributed by atoms with Crippen molar-refractivity contribution in [1.29, 1.82) is 0 Å². The molecule has 0 aliphatic rings. The molecule has 4 rings (SSSR count). The number of para-hydroxylation sites is 1. The van der Waals surface area contributed by atoms with Crippen molar-refractivity contribution in [3.8, 4) is 17.2 Å². The molecule has 0 fully saturated rings. The second kappa shape index (κ2) is 9.49. The van der Waals surface area contributed by atoms with Gasteiger partial charge < -0.3 is 25.8 Å². The summed E-state index contributed by atoms with van der Waals surface area (Å²) >= 11 is 0. The van der Waals surface area contributed by atoms with Crippen LogP contribution in [0.1, 0.15) is 6.92 Å². The van der Waals surface area contributed by atoms with E-state index in [1.165, 1.54) is 6.33 Å². The Hall–Kier alpha value is -4.26. The Bertz CT molecular complexity index is 1120. The number of rotatable bonds is 8. The lowest BCUT2D eigenvalue weighted by Crippen LogP contribution is -2.05. The summed E-state index contributed by atoms with van der Waals surface area (Å²) in [6.07, 6.45) is 1.46. The minimum absolute atomic E-state index is 0.418. The van der Waals surface area contributed by atoms with Crippen molar-refractivity contribution in [2.75, 3.05) is 23.0 Å². The summed E-state index contributed by atoms with van der Waals surface area (Å²) in [5, 5.41) is 6.44. The molecule has 0 amide bonds. The molecule has 3 aromatic carbocycles. The van der Waals surface area contributed by atoms with Gasteiger partial charge in [-0.1, -0.05) is 18.2 Å². The first kappa shape index (κ1) is 20.0. The highest BCUT2D eigenvalue weighted by Crippen LogP contribution is 2.30. The smallest absolute Gasteiger partial charge is 0.159 e. The highest BCUT2D eigenvalue weighted by molar-refractivity contribution is 5.80. The molecular formula is C24H23N5O2. The van der Waals surface area contributed by atoms with Crippen LogP contribution in [-0.4, -0.2) is 16.6 Å². The molecule has 4 aromatic rings. The van der Waals surface area contributed by atoms with Gasteiger partial charge >= 0.3 is 0 Å². The molecule has 31 heavy (non-hydrogen) atoms. The molecule has 0 spiro atoms. The minimum Gasteiger partial charge on any atom is -0.494 e. The van der Waals surface area contributed by atoms with E-state index in [1.807, 2.05) is 85.8 Å². The summed E-state index contributed by atoms with van der Waals surface area (Å²) in [5.74, 6) is 3.37. The van der Waals surface area contributed by atoms with E-state index >= 15 is 0 Å². The van der Waals surface area contributed by atoms with Crippen molar-refractivity contribution < 1.29 is 9.47 Å². The van der Waals surface area contributed by atoms with Crippen molar-refractivity contribution in [2.45, 2.75) is 6.92 Å². The third-order valence-corrected chi connectivity index (χ3v) is 4.41. The molecule has 0 aliphatic carbocycles. The van der Waals surface area contributed by atoms with Crippen LogP contribution in [0.25, 0.3) is 0 Å². The van der Waals surface area contributed by atoms with Gasteiger partial charge in [0, 0.05) is 11.4 Å². The summed E-state index contributed by atoms with van der Waals surface area (Å²) in [5.41, 5.74) is 8.39. The normalized spacial score (nSPS) is 10.4. The summed E-state index contributed by atoms with van der Waals surface area (Å²) in [4.78, 5) is 8.52. The van der Waals surface area contributed by atoms with Crippen molar-refractivity contribution >= 4 is 28.7 Å². The molecular weight excluding hydrogens is 390 g/mol. The van der Waals surface area contributed by atoms with Gasteiger partial charge in [-0.05, 0) is 67.6 Å². The average molecular weight is 413 g/mol. The van der Waals surface area contributed by atoms with Crippen LogP contribution < -0.4 is 25.8 Å². The maximum atomic E-state index is 6.29. The van der Waals surface area contributed by atoms with Crippen LogP contribution in [0.15, 0.2) is 85.2 Å². The van der Waals surface area contributed by atoms with Crippen LogP contribution in [-0.2, 0) is 0 Å². The molecule has 0 radical (unpaired) electrons. The van der Waals surface area contributed by atoms with E-state index in [0.29, 0.717) is 23.9 Å². The SMILES string of the molecule is CCOc1ccc(Nc2ncnc(Nc3ccc(Oc4ccccc4)cc3)c2N)cc1. The average Bonchev–Trinajstić information content (AvgIpc) is 2.80. The predicted molar refractivity (Wildman–Crippen MR) is 124 cm³/mol. The zero-order chi connectivity index (χ0) is 21.5. The fraction of sp³-hybridized carbons (Fsp3) is 0.0833. The summed E-state index contributed by atoms with van der Waals surface area (Å²) in [6, 6.07) is 24.8. The summed E-state index contributed by atoms with van der Waals surface area (Å²) < 4.78 is 11.3. The Morgan fingerprint density at radius 2 is 1.23 bits per heavy atom. The number of nitrogens with zero attached hydrogens (tertiary/aromatic N) is 2. The molecule has 0 atom stereocenters. The third kappa shape index (κ3) is 5.22. The lowest BCUT2D eigenvalue weighted by molar-refractivity contribution is 0.340. The van der Waals surface area contributed by atoms with Gasteiger partial charge in [0.2, 0.25) is 0 Å². The van der Waals surface area contributed by atoms with E-state index in [4.69, 9.17) is 15.2 Å². The molecule has 4 N–H and O–H groups in total. The van der Waals surface area contributed by atoms with E-state index in [9.17, 15) is 0 Å². The fourth-order valence-corrected chi connectivity index (χ4v) is 2.90. The van der Waals surface area contributed by atoms with Crippen LogP contribution >= 0.6 is 0 Å². The quantitative estimate of drug-likeness (QED) is 0.339. The molecule has 0 unspecified atom stereocenters. The highest BCUT2D eigenvalue weighted by atomic mass is 16.5. The zero-order valence-electron chi connectivity index (χ0n) is 17.1. The van der Waals surface area contributed by atoms with Crippen molar-refractivity contribution in [3.05, 3.63) is 85.2 Å². The predicted octanol–water partition coefficient (Wildman–Crippen LogP) is 5.74. The van der Waals surface area contributed by atoms with Crippen LogP contribution in [0, 0.1) is 0 Å². The monoisotopic (exact) mass is 413 g/mol. The molecule has 0 aliphatic heterocycles. The molecule has 1 heterocycles. The van der Waals surface area contributed by atoms with E-state index in [1.54, 1.807) is 0 Å². The van der Waals surface area contributed by atoms with Gasteiger partial charge in [-0.15, -0.1) is 0 Å². The van der Waals surface area contributed by atoms with Crippen molar-refractivity contribution in [3.63, 3.8) is 0 Å². The van der Waals surface area contributed by atoms with Gasteiger partial charge in [-0.25, -0.2) is 9.97 Å². The van der Waals surface area contributed by atoms with Gasteiger partial charge in [-0.2, -0.15) is 0 Å². The number of anilines is 5. The second-order valence-corrected chi connectivity index (χ2v) is 6.63. The largest absolute Gasteiger partial charge is 0.494 e. The highest BCUT2D eigenvalue weighted by Gasteiger charge is 2.09. The fourth-order valence-electron chi connectivity index (χ4n) is 2.90. The Balaban J connectivity index is 1.44. The first-order valence-electron chi connectivity index (χ1n) is 9.91. The summed E-state index contributed by atoms with van der Waals surface area (Å²) in [6.45, 7) is 2.58. The Kier molecular flexibility index (Phi) is 6.13. The maximum Gasteiger partial charge on any atom is 0.159 e. The van der Waals surface area contributed by atoms with Crippen molar-refractivity contribution in [2.24, 2.45) is 0 Å². The number of nitrogens with two attached hydrogens (primary N) is 1. The van der Waals surface area contributed by atoms with Gasteiger partial charge in [0.25, 0.3) is 0 Å². The number of ether oxygens (including phenoxy) is 2. The Morgan fingerprint density at radius 3 is 1.77 bits per heavy atom. The molecule has 156 valence electrons. The van der Waals surface area contributed by atoms with Gasteiger partial charge in [-0.3, -0.25) is 0 Å². The number of aromatic nitrogens is 2. The van der Waals surface area contributed by atoms with Crippen molar-refractivity contribution in [1.82, 2.24) is 9.97 Å². The first-order chi connectivity index (χ1) is 15.2. The van der Waals surface area contributed by atoms with Crippen LogP contribution in [0.3, 0.4) is 0 Å². The number of nitrogens with one attached hydrogen (secondary N) is 2. The van der Waals surface area contributed by atoms with Gasteiger partial charge in [0.15, 0.2) is 11.6 Å². The van der Waals surface area contributed by atoms with E-state index < -0.39 is 0 Å². The Labute approximate surface area is 180 Å². The molecule has 1 aromatic heterocycles. The number of hydrogen-bond donors (Lipinski definition) is 3. The zero-order valence-corrected chi connectivity index (χ0v) is 17.1. The first-order valence-corrected chi connectivity index (χ1v) is 9.91. The molecule has 0 bridgehead atoms. The molecule has 7 nitrogen and oxygen atoms in total. The molecule has 7 heteroatoms. The van der Waals surface area contributed by atoms with Crippen LogP contribution in [0.2, 0.25) is 0 Å². The molecule has 0 saturated carbocycles. The van der Waals surface area contributed by atoms with E-state index in [-0.39, 0.29) is 0 Å². The number of nitrogen functional groups attached to an aromatic ring is 1. The summed E-state index contributed by atoms with van der Waals surface area (Å²) in [7, 11) is 0. The third-order valence-electron chi connectivity index (χ3n) is 4.41. The van der Waals surface area contributed by atoms with E-state index in [0.717, 1.165) is 28.6 Å². The molecule has 0 saturated heterocycles. The minimum atomic E-state index is 0.418. The van der Waals surface area contributed by atoms with Crippen LogP contribution in [0.4, 0.5) is 28.7 Å². The van der Waals surface area contributed by atoms with Gasteiger partial charge in [0.1, 0.15) is 29.3 Å². The topological polar surface area (TPSA) is 94.3 Å². The number of hydrogen-bond acceptors (Lipinski definition) is 7. The Morgan fingerprint density at radius 1 is 0.710 bits per heavy atom. The van der Waals surface area contributed by atoms with Gasteiger partial charge in [0.05, 0.1) is 6.61 Å². The number of benzene rings is 3. The van der Waals surface area contributed by atoms with Crippen LogP contribution in [0.5, 0.6) is 17.2 Å². The lowest BCUT2D eigenvalue weighted by Gasteiger charge is -2.13. The second-order valence-electron chi connectivity index (χ2n) is 6.63. The standard InChI is InChI=1S/C24H23N5O2/c1-2-30-19-12-8-17(9-13-19)28-23-22(25)24(27-16-26-23)29-18-10-14-21(15-11-18)31-20-6-4-3-5-7-20/h3-16H,2,25H2,1H3,(H2,26,27,28,29). The van der Waals surface area contributed by atoms with E-state index in [2.05, 4.69) is 20.6 Å². The maximum absolute atomic E-state index is 6.29.